The van der Waals surface area contributed by atoms with Crippen molar-refractivity contribution < 1.29 is 13.2 Å². The van der Waals surface area contributed by atoms with Gasteiger partial charge in [-0.1, -0.05) is 17.4 Å². The highest BCUT2D eigenvalue weighted by atomic mass is 32.2. The van der Waals surface area contributed by atoms with Crippen molar-refractivity contribution in [2.45, 2.75) is 23.7 Å². The van der Waals surface area contributed by atoms with Crippen LogP contribution >= 0.6 is 22.7 Å². The molecule has 1 aromatic carbocycles. The van der Waals surface area contributed by atoms with Gasteiger partial charge in [0, 0.05) is 32.7 Å². The van der Waals surface area contributed by atoms with Crippen molar-refractivity contribution >= 4 is 59.6 Å². The molecule has 0 radical (unpaired) electrons. The van der Waals surface area contributed by atoms with Crippen molar-refractivity contribution in [2.75, 3.05) is 36.3 Å². The second-order valence-electron chi connectivity index (χ2n) is 8.26. The fraction of sp³-hybridized carbons (Fsp3) is 0.318. The molecule has 0 atom stereocenters. The standard InChI is InChI=1S/C22H25N7O3S3/c1-27-8-3-9-28-16(14-27)12-18(26-28)21(30)25-22-24-17-6-5-15(13-19(17)34-22)29(10-7-23)35(31,32)20-4-2-11-33-20/h2,4-6,11-13H,3,7-10,14,23H2,1H3,(H,24,25,30). The topological polar surface area (TPSA) is 126 Å². The summed E-state index contributed by atoms with van der Waals surface area (Å²) >= 11 is 2.44. The molecule has 0 saturated carbocycles. The minimum atomic E-state index is -3.73. The van der Waals surface area contributed by atoms with Crippen LogP contribution < -0.4 is 15.4 Å². The smallest absolute Gasteiger partial charge is 0.277 e. The van der Waals surface area contributed by atoms with E-state index in [1.807, 2.05) is 10.7 Å². The zero-order chi connectivity index (χ0) is 24.6. The molecule has 3 aromatic heterocycles. The highest BCUT2D eigenvalue weighted by Gasteiger charge is 2.26. The van der Waals surface area contributed by atoms with Crippen LogP contribution in [0, 0.1) is 0 Å². The van der Waals surface area contributed by atoms with Gasteiger partial charge in [-0.3, -0.25) is 19.1 Å². The number of aromatic nitrogens is 3. The van der Waals surface area contributed by atoms with Gasteiger partial charge in [-0.15, -0.1) is 11.3 Å². The number of sulfonamides is 1. The van der Waals surface area contributed by atoms with E-state index in [0.29, 0.717) is 22.0 Å². The monoisotopic (exact) mass is 531 g/mol. The summed E-state index contributed by atoms with van der Waals surface area (Å²) in [6.07, 6.45) is 0.982. The van der Waals surface area contributed by atoms with Gasteiger partial charge in [0.1, 0.15) is 4.21 Å². The number of fused-ring (bicyclic) bond motifs is 2. The third kappa shape index (κ3) is 4.82. The van der Waals surface area contributed by atoms with E-state index in [2.05, 4.69) is 27.3 Å². The van der Waals surface area contributed by atoms with Gasteiger partial charge < -0.3 is 10.6 Å². The van der Waals surface area contributed by atoms with E-state index in [-0.39, 0.29) is 23.2 Å². The van der Waals surface area contributed by atoms with Crippen LogP contribution in [0.2, 0.25) is 0 Å². The largest absolute Gasteiger partial charge is 0.329 e. The predicted octanol–water partition coefficient (Wildman–Crippen LogP) is 2.80. The molecule has 10 nitrogen and oxygen atoms in total. The number of nitrogens with two attached hydrogens (primary N) is 1. The fourth-order valence-electron chi connectivity index (χ4n) is 4.04. The predicted molar refractivity (Wildman–Crippen MR) is 139 cm³/mol. The Hall–Kier alpha value is -2.84. The van der Waals surface area contributed by atoms with E-state index in [9.17, 15) is 13.2 Å². The Kier molecular flexibility index (Phi) is 6.59. The summed E-state index contributed by atoms with van der Waals surface area (Å²) in [4.78, 5) is 19.6. The molecule has 0 bridgehead atoms. The summed E-state index contributed by atoms with van der Waals surface area (Å²) in [5.41, 5.74) is 8.25. The summed E-state index contributed by atoms with van der Waals surface area (Å²) in [5, 5.41) is 9.47. The number of rotatable bonds is 7. The van der Waals surface area contributed by atoms with Crippen molar-refractivity contribution in [2.24, 2.45) is 5.73 Å². The van der Waals surface area contributed by atoms with Crippen molar-refractivity contribution in [3.05, 3.63) is 53.2 Å². The van der Waals surface area contributed by atoms with Crippen LogP contribution in [0.3, 0.4) is 0 Å². The van der Waals surface area contributed by atoms with Crippen LogP contribution in [-0.2, 0) is 23.1 Å². The Morgan fingerprint density at radius 3 is 2.89 bits per heavy atom. The first-order valence-electron chi connectivity index (χ1n) is 11.1. The van der Waals surface area contributed by atoms with Gasteiger partial charge in [0.05, 0.1) is 21.6 Å². The van der Waals surface area contributed by atoms with Crippen LogP contribution in [0.4, 0.5) is 10.8 Å². The number of hydrogen-bond acceptors (Lipinski definition) is 9. The molecule has 13 heteroatoms. The van der Waals surface area contributed by atoms with E-state index in [4.69, 9.17) is 5.73 Å². The van der Waals surface area contributed by atoms with E-state index in [0.717, 1.165) is 47.8 Å². The third-order valence-corrected chi connectivity index (χ3v) is 9.82. The molecule has 0 fully saturated rings. The molecule has 0 aliphatic carbocycles. The summed E-state index contributed by atoms with van der Waals surface area (Å²) < 4.78 is 30.5. The average molecular weight is 532 g/mol. The second-order valence-corrected chi connectivity index (χ2v) is 12.3. The number of thiazole rings is 1. The van der Waals surface area contributed by atoms with Crippen LogP contribution in [0.1, 0.15) is 22.6 Å². The highest BCUT2D eigenvalue weighted by molar-refractivity contribution is 7.94. The van der Waals surface area contributed by atoms with Gasteiger partial charge in [-0.05, 0) is 49.2 Å². The van der Waals surface area contributed by atoms with E-state index in [1.54, 1.807) is 35.7 Å². The molecule has 35 heavy (non-hydrogen) atoms. The summed E-state index contributed by atoms with van der Waals surface area (Å²) in [6.45, 7) is 2.85. The van der Waals surface area contributed by atoms with E-state index < -0.39 is 10.0 Å². The summed E-state index contributed by atoms with van der Waals surface area (Å²) in [5.74, 6) is -0.322. The minimum absolute atomic E-state index is 0.147. The number of anilines is 2. The third-order valence-electron chi connectivity index (χ3n) is 5.69. The van der Waals surface area contributed by atoms with Crippen molar-refractivity contribution in [3.63, 3.8) is 0 Å². The van der Waals surface area contributed by atoms with Gasteiger partial charge in [0.25, 0.3) is 15.9 Å². The lowest BCUT2D eigenvalue weighted by molar-refractivity contribution is 0.102. The highest BCUT2D eigenvalue weighted by Crippen LogP contribution is 2.33. The Bertz CT molecular complexity index is 1460. The number of nitrogens with one attached hydrogen (secondary N) is 1. The first-order valence-corrected chi connectivity index (χ1v) is 14.2. The number of carbonyl (C=O) groups is 1. The average Bonchev–Trinajstić information content (AvgIpc) is 3.55. The van der Waals surface area contributed by atoms with Gasteiger partial charge in [-0.2, -0.15) is 5.10 Å². The number of carbonyl (C=O) groups excluding carboxylic acids is 1. The normalized spacial score (nSPS) is 14.6. The lowest BCUT2D eigenvalue weighted by Gasteiger charge is -2.23. The molecule has 1 aliphatic heterocycles. The molecule has 0 spiro atoms. The fourth-order valence-corrected chi connectivity index (χ4v) is 7.51. The van der Waals surface area contributed by atoms with Gasteiger partial charge in [0.15, 0.2) is 10.8 Å². The van der Waals surface area contributed by atoms with Gasteiger partial charge in [0.2, 0.25) is 0 Å². The summed E-state index contributed by atoms with van der Waals surface area (Å²) in [7, 11) is -1.67. The summed E-state index contributed by atoms with van der Waals surface area (Å²) in [6, 6.07) is 10.3. The molecule has 1 amide bonds. The Morgan fingerprint density at radius 2 is 2.11 bits per heavy atom. The molecule has 3 N–H and O–H groups in total. The molecule has 1 aliphatic rings. The Balaban J connectivity index is 1.39. The molecular formula is C22H25N7O3S3. The van der Waals surface area contributed by atoms with E-state index >= 15 is 0 Å². The maximum Gasteiger partial charge on any atom is 0.277 e. The maximum absolute atomic E-state index is 13.2. The number of amides is 1. The van der Waals surface area contributed by atoms with Crippen LogP contribution in [-0.4, -0.2) is 60.7 Å². The quantitative estimate of drug-likeness (QED) is 0.375. The zero-order valence-electron chi connectivity index (χ0n) is 19.0. The first-order chi connectivity index (χ1) is 16.8. The molecule has 5 rings (SSSR count). The van der Waals surface area contributed by atoms with Crippen molar-refractivity contribution in [1.29, 1.82) is 0 Å². The van der Waals surface area contributed by atoms with Crippen LogP contribution in [0.15, 0.2) is 46.0 Å². The number of hydrogen-bond donors (Lipinski definition) is 2. The number of benzene rings is 1. The number of thiophene rings is 1. The SMILES string of the molecule is CN1CCCn2nc(C(=O)Nc3nc4ccc(N(CCN)S(=O)(=O)c5cccs5)cc4s3)cc2C1. The minimum Gasteiger partial charge on any atom is -0.329 e. The molecule has 0 unspecified atom stereocenters. The second kappa shape index (κ2) is 9.66. The Morgan fingerprint density at radius 1 is 1.26 bits per heavy atom. The first kappa shape index (κ1) is 23.9. The number of nitrogens with zero attached hydrogens (tertiary/aromatic N) is 5. The molecule has 0 saturated heterocycles. The van der Waals surface area contributed by atoms with Crippen LogP contribution in [0.25, 0.3) is 10.2 Å². The van der Waals surface area contributed by atoms with E-state index in [1.165, 1.54) is 15.6 Å². The molecular weight excluding hydrogens is 506 g/mol. The molecule has 4 heterocycles. The van der Waals surface area contributed by atoms with Gasteiger partial charge in [-0.25, -0.2) is 13.4 Å². The van der Waals surface area contributed by atoms with Crippen molar-refractivity contribution in [1.82, 2.24) is 19.7 Å². The van der Waals surface area contributed by atoms with Crippen molar-refractivity contribution in [3.8, 4) is 0 Å². The molecule has 4 aromatic rings. The maximum atomic E-state index is 13.2. The zero-order valence-corrected chi connectivity index (χ0v) is 21.5. The molecule has 184 valence electrons. The lowest BCUT2D eigenvalue weighted by Crippen LogP contribution is -2.35. The van der Waals surface area contributed by atoms with Gasteiger partial charge >= 0.3 is 0 Å². The van der Waals surface area contributed by atoms with Crippen LogP contribution in [0.5, 0.6) is 0 Å². The number of aryl methyl sites for hydroxylation is 1. The lowest BCUT2D eigenvalue weighted by atomic mass is 10.3. The Labute approximate surface area is 211 Å².